The van der Waals surface area contributed by atoms with Crippen molar-refractivity contribution in [3.05, 3.63) is 18.0 Å². The topological polar surface area (TPSA) is 64.2 Å². The molecule has 0 bridgehead atoms. The van der Waals surface area contributed by atoms with E-state index in [9.17, 15) is 4.79 Å². The second-order valence-electron chi connectivity index (χ2n) is 5.85. The first-order valence-corrected chi connectivity index (χ1v) is 7.01. The summed E-state index contributed by atoms with van der Waals surface area (Å²) >= 11 is 0. The van der Waals surface area contributed by atoms with Gasteiger partial charge in [0.25, 0.3) is 0 Å². The Hall–Kier alpha value is -1.36. The Morgan fingerprint density at radius 3 is 2.95 bits per heavy atom. The quantitative estimate of drug-likeness (QED) is 0.890. The number of nitrogens with two attached hydrogens (primary N) is 1. The number of aryl methyl sites for hydroxylation is 1. The highest BCUT2D eigenvalue weighted by Gasteiger charge is 2.36. The van der Waals surface area contributed by atoms with Crippen LogP contribution in [0.4, 0.5) is 0 Å². The van der Waals surface area contributed by atoms with E-state index in [1.165, 1.54) is 5.56 Å². The lowest BCUT2D eigenvalue weighted by Crippen LogP contribution is -2.52. The SMILES string of the molecule is CCCC(C)(N)C(=O)N1CCC(c2cnn(C)c2)C1. The number of aromatic nitrogens is 2. The highest BCUT2D eigenvalue weighted by Crippen LogP contribution is 2.28. The monoisotopic (exact) mass is 264 g/mol. The van der Waals surface area contributed by atoms with Gasteiger partial charge in [0.1, 0.15) is 0 Å². The van der Waals surface area contributed by atoms with Crippen LogP contribution in [0.15, 0.2) is 12.4 Å². The summed E-state index contributed by atoms with van der Waals surface area (Å²) < 4.78 is 1.81. The molecule has 2 atom stereocenters. The largest absolute Gasteiger partial charge is 0.340 e. The van der Waals surface area contributed by atoms with E-state index in [4.69, 9.17) is 5.73 Å². The van der Waals surface area contributed by atoms with Crippen molar-refractivity contribution in [2.24, 2.45) is 12.8 Å². The summed E-state index contributed by atoms with van der Waals surface area (Å²) in [5, 5.41) is 4.20. The fraction of sp³-hybridized carbons (Fsp3) is 0.714. The van der Waals surface area contributed by atoms with Crippen molar-refractivity contribution in [1.29, 1.82) is 0 Å². The van der Waals surface area contributed by atoms with E-state index in [-0.39, 0.29) is 5.91 Å². The highest BCUT2D eigenvalue weighted by atomic mass is 16.2. The van der Waals surface area contributed by atoms with Gasteiger partial charge in [0, 0.05) is 32.3 Å². The molecule has 5 nitrogen and oxygen atoms in total. The number of amides is 1. The molecular formula is C14H24N4O. The van der Waals surface area contributed by atoms with Gasteiger partial charge in [-0.3, -0.25) is 9.48 Å². The van der Waals surface area contributed by atoms with Gasteiger partial charge < -0.3 is 10.6 Å². The molecule has 106 valence electrons. The molecule has 1 aliphatic heterocycles. The Balaban J connectivity index is 2.00. The van der Waals surface area contributed by atoms with E-state index in [1.807, 2.05) is 35.9 Å². The zero-order chi connectivity index (χ0) is 14.0. The molecule has 2 unspecified atom stereocenters. The van der Waals surface area contributed by atoms with Crippen LogP contribution in [0, 0.1) is 0 Å². The van der Waals surface area contributed by atoms with Crippen LogP contribution in [-0.2, 0) is 11.8 Å². The molecule has 0 aliphatic carbocycles. The van der Waals surface area contributed by atoms with Gasteiger partial charge in [-0.15, -0.1) is 0 Å². The van der Waals surface area contributed by atoms with Crippen LogP contribution in [-0.4, -0.2) is 39.2 Å². The Bertz CT molecular complexity index is 452. The number of hydrogen-bond donors (Lipinski definition) is 1. The lowest BCUT2D eigenvalue weighted by Gasteiger charge is -2.28. The maximum absolute atomic E-state index is 12.4. The van der Waals surface area contributed by atoms with E-state index in [0.717, 1.165) is 32.4 Å². The maximum atomic E-state index is 12.4. The van der Waals surface area contributed by atoms with Gasteiger partial charge in [-0.2, -0.15) is 5.10 Å². The van der Waals surface area contributed by atoms with Crippen molar-refractivity contribution >= 4 is 5.91 Å². The van der Waals surface area contributed by atoms with Gasteiger partial charge in [0.15, 0.2) is 0 Å². The van der Waals surface area contributed by atoms with Gasteiger partial charge in [-0.1, -0.05) is 13.3 Å². The minimum absolute atomic E-state index is 0.0840. The molecule has 2 heterocycles. The molecule has 1 fully saturated rings. The van der Waals surface area contributed by atoms with Crippen LogP contribution in [0.5, 0.6) is 0 Å². The average Bonchev–Trinajstić information content (AvgIpc) is 2.96. The molecule has 1 aliphatic rings. The van der Waals surface area contributed by atoms with Gasteiger partial charge in [-0.25, -0.2) is 0 Å². The Morgan fingerprint density at radius 2 is 2.37 bits per heavy atom. The lowest BCUT2D eigenvalue weighted by molar-refractivity contribution is -0.135. The standard InChI is InChI=1S/C14H24N4O/c1-4-6-14(2,15)13(19)18-7-5-11(10-18)12-8-16-17(3)9-12/h8-9,11H,4-7,10,15H2,1-3H3. The van der Waals surface area contributed by atoms with E-state index in [1.54, 1.807) is 0 Å². The first kappa shape index (κ1) is 14.1. The van der Waals surface area contributed by atoms with Crippen LogP contribution >= 0.6 is 0 Å². The molecule has 0 saturated carbocycles. The van der Waals surface area contributed by atoms with Crippen molar-refractivity contribution in [3.8, 4) is 0 Å². The molecule has 2 N–H and O–H groups in total. The molecule has 0 radical (unpaired) electrons. The van der Waals surface area contributed by atoms with E-state index >= 15 is 0 Å². The predicted molar refractivity (Wildman–Crippen MR) is 74.6 cm³/mol. The summed E-state index contributed by atoms with van der Waals surface area (Å²) in [5.41, 5.74) is 6.62. The van der Waals surface area contributed by atoms with Gasteiger partial charge in [0.05, 0.1) is 11.7 Å². The third-order valence-electron chi connectivity index (χ3n) is 3.93. The Kier molecular flexibility index (Phi) is 3.94. The minimum Gasteiger partial charge on any atom is -0.340 e. The van der Waals surface area contributed by atoms with Gasteiger partial charge >= 0.3 is 0 Å². The summed E-state index contributed by atoms with van der Waals surface area (Å²) in [7, 11) is 1.92. The fourth-order valence-electron chi connectivity index (χ4n) is 2.86. The van der Waals surface area contributed by atoms with Gasteiger partial charge in [-0.05, 0) is 25.3 Å². The number of rotatable bonds is 4. The van der Waals surface area contributed by atoms with E-state index in [2.05, 4.69) is 12.0 Å². The van der Waals surface area contributed by atoms with Crippen molar-refractivity contribution in [3.63, 3.8) is 0 Å². The molecule has 1 aromatic heterocycles. The molecule has 1 aromatic rings. The Morgan fingerprint density at radius 1 is 1.63 bits per heavy atom. The average molecular weight is 264 g/mol. The molecule has 19 heavy (non-hydrogen) atoms. The number of carbonyl (C=O) groups excluding carboxylic acids is 1. The molecule has 2 rings (SSSR count). The summed E-state index contributed by atoms with van der Waals surface area (Å²) in [6.45, 7) is 5.47. The normalized spacial score (nSPS) is 22.5. The summed E-state index contributed by atoms with van der Waals surface area (Å²) in [5.74, 6) is 0.482. The highest BCUT2D eigenvalue weighted by molar-refractivity contribution is 5.86. The minimum atomic E-state index is -0.724. The lowest BCUT2D eigenvalue weighted by atomic mass is 9.96. The zero-order valence-corrected chi connectivity index (χ0v) is 12.1. The molecule has 1 saturated heterocycles. The number of hydrogen-bond acceptors (Lipinski definition) is 3. The van der Waals surface area contributed by atoms with Crippen molar-refractivity contribution < 1.29 is 4.79 Å². The van der Waals surface area contributed by atoms with Crippen LogP contribution in [0.1, 0.15) is 44.6 Å². The fourth-order valence-corrected chi connectivity index (χ4v) is 2.86. The number of carbonyl (C=O) groups is 1. The third-order valence-corrected chi connectivity index (χ3v) is 3.93. The maximum Gasteiger partial charge on any atom is 0.242 e. The summed E-state index contributed by atoms with van der Waals surface area (Å²) in [6.07, 6.45) is 6.59. The van der Waals surface area contributed by atoms with Crippen LogP contribution in [0.2, 0.25) is 0 Å². The van der Waals surface area contributed by atoms with Gasteiger partial charge in [0.2, 0.25) is 5.91 Å². The van der Waals surface area contributed by atoms with Crippen molar-refractivity contribution in [1.82, 2.24) is 14.7 Å². The van der Waals surface area contributed by atoms with Crippen LogP contribution in [0.25, 0.3) is 0 Å². The second-order valence-corrected chi connectivity index (χ2v) is 5.85. The second kappa shape index (κ2) is 5.33. The number of nitrogens with zero attached hydrogens (tertiary/aromatic N) is 3. The molecule has 0 aromatic carbocycles. The molecule has 1 amide bonds. The Labute approximate surface area is 114 Å². The number of likely N-dealkylation sites (tertiary alicyclic amines) is 1. The van der Waals surface area contributed by atoms with Crippen molar-refractivity contribution in [2.75, 3.05) is 13.1 Å². The van der Waals surface area contributed by atoms with E-state index < -0.39 is 5.54 Å². The first-order valence-electron chi connectivity index (χ1n) is 7.01. The van der Waals surface area contributed by atoms with Crippen LogP contribution in [0.3, 0.4) is 0 Å². The molecule has 0 spiro atoms. The smallest absolute Gasteiger partial charge is 0.242 e. The predicted octanol–water partition coefficient (Wildman–Crippen LogP) is 1.25. The summed E-state index contributed by atoms with van der Waals surface area (Å²) in [4.78, 5) is 14.3. The summed E-state index contributed by atoms with van der Waals surface area (Å²) in [6, 6.07) is 0. The first-order chi connectivity index (χ1) is 8.94. The third kappa shape index (κ3) is 2.97. The van der Waals surface area contributed by atoms with E-state index in [0.29, 0.717) is 5.92 Å². The van der Waals surface area contributed by atoms with Crippen molar-refractivity contribution in [2.45, 2.75) is 44.6 Å². The van der Waals surface area contributed by atoms with Crippen LogP contribution < -0.4 is 5.73 Å². The zero-order valence-electron chi connectivity index (χ0n) is 12.1. The molecule has 5 heteroatoms. The molecular weight excluding hydrogens is 240 g/mol.